The van der Waals surface area contributed by atoms with Crippen molar-refractivity contribution in [2.45, 2.75) is 20.0 Å². The molecule has 7 nitrogen and oxygen atoms in total. The van der Waals surface area contributed by atoms with Crippen molar-refractivity contribution in [3.05, 3.63) is 69.2 Å². The normalized spacial score (nSPS) is 10.9. The zero-order chi connectivity index (χ0) is 21.5. The smallest absolute Gasteiger partial charge is 0.283 e. The predicted molar refractivity (Wildman–Crippen MR) is 120 cm³/mol. The molecule has 0 aliphatic heterocycles. The molecule has 0 aliphatic carbocycles. The van der Waals surface area contributed by atoms with Gasteiger partial charge in [-0.25, -0.2) is 10.4 Å². The second-order valence-corrected chi connectivity index (χ2v) is 7.61. The van der Waals surface area contributed by atoms with Crippen LogP contribution in [-0.4, -0.2) is 24.2 Å². The molecule has 0 aliphatic rings. The second-order valence-electron chi connectivity index (χ2n) is 6.17. The van der Waals surface area contributed by atoms with Crippen LogP contribution in [0.2, 0.25) is 5.02 Å². The summed E-state index contributed by atoms with van der Waals surface area (Å²) >= 11 is 7.30. The third-order valence-electron chi connectivity index (χ3n) is 4.16. The zero-order valence-electron chi connectivity index (χ0n) is 16.5. The first kappa shape index (κ1) is 21.6. The van der Waals surface area contributed by atoms with Crippen LogP contribution >= 0.6 is 22.9 Å². The van der Waals surface area contributed by atoms with E-state index in [9.17, 15) is 4.79 Å². The molecular weight excluding hydrogens is 424 g/mol. The lowest BCUT2D eigenvalue weighted by atomic mass is 10.2. The number of carbonyl (C=O) groups is 1. The fourth-order valence-electron chi connectivity index (χ4n) is 2.66. The van der Waals surface area contributed by atoms with Gasteiger partial charge in [-0.2, -0.15) is 5.10 Å². The van der Waals surface area contributed by atoms with Crippen molar-refractivity contribution in [3.8, 4) is 11.5 Å². The van der Waals surface area contributed by atoms with Gasteiger partial charge in [-0.15, -0.1) is 0 Å². The number of aryl methyl sites for hydroxylation is 1. The fourth-order valence-corrected chi connectivity index (χ4v) is 3.66. The molecule has 3 N–H and O–H groups in total. The van der Waals surface area contributed by atoms with Gasteiger partial charge in [0.05, 0.1) is 19.0 Å². The van der Waals surface area contributed by atoms with Gasteiger partial charge in [0.2, 0.25) is 0 Å². The number of hydrogen-bond donors (Lipinski definition) is 2. The quantitative estimate of drug-likeness (QED) is 0.398. The molecule has 3 rings (SSSR count). The molecule has 1 heterocycles. The fraction of sp³-hybridized carbons (Fsp3) is 0.190. The zero-order valence-corrected chi connectivity index (χ0v) is 18.1. The van der Waals surface area contributed by atoms with E-state index in [-0.39, 0.29) is 5.91 Å². The number of aromatic nitrogens is 1. The molecule has 0 fully saturated rings. The Bertz CT molecular complexity index is 1070. The van der Waals surface area contributed by atoms with Crippen molar-refractivity contribution in [2.75, 3.05) is 12.8 Å². The van der Waals surface area contributed by atoms with Gasteiger partial charge < -0.3 is 15.2 Å². The van der Waals surface area contributed by atoms with Crippen LogP contribution in [-0.2, 0) is 13.0 Å². The number of hydrogen-bond acceptors (Lipinski definition) is 7. The molecule has 1 amide bonds. The summed E-state index contributed by atoms with van der Waals surface area (Å²) in [4.78, 5) is 16.9. The van der Waals surface area contributed by atoms with Crippen molar-refractivity contribution >= 4 is 40.2 Å². The number of nitrogen functional groups attached to an aromatic ring is 1. The molecule has 0 radical (unpaired) electrons. The summed E-state index contributed by atoms with van der Waals surface area (Å²) in [7, 11) is 1.56. The maximum atomic E-state index is 12.3. The van der Waals surface area contributed by atoms with Crippen molar-refractivity contribution in [2.24, 2.45) is 5.10 Å². The van der Waals surface area contributed by atoms with Gasteiger partial charge in [0, 0.05) is 10.6 Å². The van der Waals surface area contributed by atoms with E-state index in [1.54, 1.807) is 19.2 Å². The highest BCUT2D eigenvalue weighted by Gasteiger charge is 2.15. The van der Waals surface area contributed by atoms with Gasteiger partial charge in [-0.05, 0) is 36.2 Å². The van der Waals surface area contributed by atoms with Crippen molar-refractivity contribution < 1.29 is 14.3 Å². The molecule has 0 bridgehead atoms. The van der Waals surface area contributed by atoms with E-state index < -0.39 is 0 Å². The van der Waals surface area contributed by atoms with Gasteiger partial charge in [0.25, 0.3) is 5.91 Å². The van der Waals surface area contributed by atoms with E-state index in [1.807, 2.05) is 37.3 Å². The molecule has 0 saturated carbocycles. The summed E-state index contributed by atoms with van der Waals surface area (Å²) in [5, 5.41) is 5.02. The minimum atomic E-state index is -0.344. The van der Waals surface area contributed by atoms with Crippen molar-refractivity contribution in [1.29, 1.82) is 0 Å². The first-order chi connectivity index (χ1) is 14.5. The number of amides is 1. The van der Waals surface area contributed by atoms with E-state index in [1.165, 1.54) is 6.21 Å². The number of nitrogens with two attached hydrogens (primary N) is 1. The number of methoxy groups -OCH3 is 1. The maximum Gasteiger partial charge on any atom is 0.283 e. The van der Waals surface area contributed by atoms with Crippen LogP contribution < -0.4 is 20.6 Å². The highest BCUT2D eigenvalue weighted by atomic mass is 35.5. The Morgan fingerprint density at radius 1 is 1.30 bits per heavy atom. The van der Waals surface area contributed by atoms with Crippen LogP contribution in [0, 0.1) is 0 Å². The number of carbonyl (C=O) groups excluding carboxylic acids is 1. The number of rotatable bonds is 8. The Hall–Kier alpha value is -3.10. The minimum Gasteiger partial charge on any atom is -0.493 e. The van der Waals surface area contributed by atoms with E-state index in [4.69, 9.17) is 26.8 Å². The third kappa shape index (κ3) is 5.28. The highest BCUT2D eigenvalue weighted by Crippen LogP contribution is 2.29. The molecule has 0 unspecified atom stereocenters. The van der Waals surface area contributed by atoms with E-state index in [0.29, 0.717) is 45.3 Å². The number of nitrogens with zero attached hydrogens (tertiary/aromatic N) is 2. The lowest BCUT2D eigenvalue weighted by Gasteiger charge is -2.12. The van der Waals surface area contributed by atoms with Gasteiger partial charge >= 0.3 is 0 Å². The molecular formula is C21H21ClN4O3S. The van der Waals surface area contributed by atoms with Crippen molar-refractivity contribution in [1.82, 2.24) is 10.4 Å². The number of halogens is 1. The van der Waals surface area contributed by atoms with Crippen LogP contribution in [0.5, 0.6) is 11.5 Å². The van der Waals surface area contributed by atoms with Crippen LogP contribution in [0.4, 0.5) is 5.13 Å². The average molecular weight is 445 g/mol. The summed E-state index contributed by atoms with van der Waals surface area (Å²) in [5.41, 5.74) is 10.5. The first-order valence-corrected chi connectivity index (χ1v) is 10.3. The molecule has 0 atom stereocenters. The Morgan fingerprint density at radius 2 is 2.10 bits per heavy atom. The molecule has 0 saturated heterocycles. The SMILES string of the molecule is CCc1nc(N)sc1C(=O)N/N=C\c1ccc(OCc2ccccc2Cl)c(OC)c1. The Labute approximate surface area is 183 Å². The molecule has 1 aromatic heterocycles. The van der Waals surface area contributed by atoms with Gasteiger partial charge in [0.15, 0.2) is 16.6 Å². The minimum absolute atomic E-state index is 0.317. The monoisotopic (exact) mass is 444 g/mol. The summed E-state index contributed by atoms with van der Waals surface area (Å²) < 4.78 is 11.2. The molecule has 2 aromatic carbocycles. The highest BCUT2D eigenvalue weighted by molar-refractivity contribution is 7.17. The van der Waals surface area contributed by atoms with Crippen LogP contribution in [0.15, 0.2) is 47.6 Å². The molecule has 3 aromatic rings. The lowest BCUT2D eigenvalue weighted by Crippen LogP contribution is -2.17. The molecule has 0 spiro atoms. The van der Waals surface area contributed by atoms with Crippen LogP contribution in [0.3, 0.4) is 0 Å². The summed E-state index contributed by atoms with van der Waals surface area (Å²) in [5.74, 6) is 0.774. The second kappa shape index (κ2) is 10.1. The Balaban J connectivity index is 1.65. The van der Waals surface area contributed by atoms with E-state index in [0.717, 1.165) is 22.5 Å². The number of benzene rings is 2. The average Bonchev–Trinajstić information content (AvgIpc) is 3.14. The largest absolute Gasteiger partial charge is 0.493 e. The van der Waals surface area contributed by atoms with Crippen LogP contribution in [0.25, 0.3) is 0 Å². The third-order valence-corrected chi connectivity index (χ3v) is 5.46. The molecule has 9 heteroatoms. The topological polar surface area (TPSA) is 98.8 Å². The van der Waals surface area contributed by atoms with E-state index >= 15 is 0 Å². The summed E-state index contributed by atoms with van der Waals surface area (Å²) in [6.45, 7) is 2.23. The predicted octanol–water partition coefficient (Wildman–Crippen LogP) is 4.29. The number of anilines is 1. The van der Waals surface area contributed by atoms with Gasteiger partial charge in [0.1, 0.15) is 11.5 Å². The van der Waals surface area contributed by atoms with Crippen molar-refractivity contribution in [3.63, 3.8) is 0 Å². The number of hydrazone groups is 1. The number of ether oxygens (including phenoxy) is 2. The molecule has 30 heavy (non-hydrogen) atoms. The maximum absolute atomic E-state index is 12.3. The van der Waals surface area contributed by atoms with Gasteiger partial charge in [-0.3, -0.25) is 4.79 Å². The first-order valence-electron chi connectivity index (χ1n) is 9.14. The lowest BCUT2D eigenvalue weighted by molar-refractivity contribution is 0.0958. The standard InChI is InChI=1S/C21H21ClN4O3S/c1-3-16-19(30-21(23)25-16)20(27)26-24-11-13-8-9-17(18(10-13)28-2)29-12-14-6-4-5-7-15(14)22/h4-11H,3,12H2,1-2H3,(H2,23,25)(H,26,27)/b24-11-. The summed E-state index contributed by atoms with van der Waals surface area (Å²) in [6, 6.07) is 12.8. The summed E-state index contributed by atoms with van der Waals surface area (Å²) in [6.07, 6.45) is 2.14. The molecule has 156 valence electrons. The Kier molecular flexibility index (Phi) is 7.26. The number of nitrogens with one attached hydrogen (secondary N) is 1. The van der Waals surface area contributed by atoms with Crippen LogP contribution in [0.1, 0.15) is 33.4 Å². The van der Waals surface area contributed by atoms with E-state index in [2.05, 4.69) is 15.5 Å². The Morgan fingerprint density at radius 3 is 2.83 bits per heavy atom. The van der Waals surface area contributed by atoms with Gasteiger partial charge in [-0.1, -0.05) is 48.1 Å². The number of thiazole rings is 1.